The number of hydrogen-bond donors (Lipinski definition) is 0. The molecule has 0 bridgehead atoms. The van der Waals surface area contributed by atoms with E-state index in [-0.39, 0.29) is 12.1 Å². The van der Waals surface area contributed by atoms with E-state index >= 15 is 0 Å². The first-order chi connectivity index (χ1) is 9.73. The van der Waals surface area contributed by atoms with E-state index in [1.807, 2.05) is 25.7 Å². The average molecular weight is 466 g/mol. The summed E-state index contributed by atoms with van der Waals surface area (Å²) in [5, 5.41) is 0. The van der Waals surface area contributed by atoms with Crippen LogP contribution in [0.15, 0.2) is 16.6 Å². The number of ether oxygens (including phenoxy) is 1. The Morgan fingerprint density at radius 2 is 2.14 bits per heavy atom. The third-order valence-electron chi connectivity index (χ3n) is 3.52. The molecule has 0 spiro atoms. The molecule has 1 heterocycles. The molecular weight excluding hydrogens is 445 g/mol. The van der Waals surface area contributed by atoms with Crippen LogP contribution in [0.1, 0.15) is 46.1 Å². The summed E-state index contributed by atoms with van der Waals surface area (Å²) in [5.74, 6) is 0. The zero-order valence-electron chi connectivity index (χ0n) is 12.9. The molecule has 1 aliphatic rings. The van der Waals surface area contributed by atoms with Gasteiger partial charge >= 0.3 is 6.09 Å². The van der Waals surface area contributed by atoms with E-state index in [2.05, 4.69) is 57.6 Å². The fourth-order valence-electron chi connectivity index (χ4n) is 2.65. The van der Waals surface area contributed by atoms with Crippen LogP contribution in [-0.2, 0) is 11.2 Å². The number of hydrogen-bond acceptors (Lipinski definition) is 2. The van der Waals surface area contributed by atoms with Crippen LogP contribution in [0.25, 0.3) is 0 Å². The molecule has 0 N–H and O–H groups in total. The second-order valence-corrected chi connectivity index (χ2v) is 8.45. The van der Waals surface area contributed by atoms with Crippen molar-refractivity contribution in [3.05, 3.63) is 25.7 Å². The van der Waals surface area contributed by atoms with Crippen molar-refractivity contribution in [2.45, 2.75) is 58.6 Å². The van der Waals surface area contributed by atoms with Gasteiger partial charge in [0.2, 0.25) is 0 Å². The molecule has 1 aliphatic heterocycles. The van der Waals surface area contributed by atoms with Crippen molar-refractivity contribution < 1.29 is 9.53 Å². The maximum absolute atomic E-state index is 12.7. The SMILES string of the molecule is CCC1CCc2cc(I)cc(Br)c2N1C(=O)OC(C)(C)C. The summed E-state index contributed by atoms with van der Waals surface area (Å²) >= 11 is 5.93. The van der Waals surface area contributed by atoms with Crippen LogP contribution in [0, 0.1) is 3.57 Å². The Hall–Kier alpha value is -0.300. The maximum Gasteiger partial charge on any atom is 0.415 e. The molecule has 1 aromatic rings. The lowest BCUT2D eigenvalue weighted by Gasteiger charge is -2.38. The maximum atomic E-state index is 12.7. The van der Waals surface area contributed by atoms with Gasteiger partial charge in [-0.2, -0.15) is 0 Å². The first-order valence-electron chi connectivity index (χ1n) is 7.23. The summed E-state index contributed by atoms with van der Waals surface area (Å²) in [5.41, 5.74) is 1.70. The smallest absolute Gasteiger partial charge is 0.415 e. The number of carbonyl (C=O) groups is 1. The van der Waals surface area contributed by atoms with E-state index in [4.69, 9.17) is 4.74 Å². The highest BCUT2D eigenvalue weighted by Gasteiger charge is 2.34. The number of rotatable bonds is 1. The first kappa shape index (κ1) is 17.1. The average Bonchev–Trinajstić information content (AvgIpc) is 2.35. The summed E-state index contributed by atoms with van der Waals surface area (Å²) in [7, 11) is 0. The quantitative estimate of drug-likeness (QED) is 0.511. The van der Waals surface area contributed by atoms with Crippen molar-refractivity contribution in [3.8, 4) is 0 Å². The number of carbonyl (C=O) groups excluding carboxylic acids is 1. The lowest BCUT2D eigenvalue weighted by Crippen LogP contribution is -2.46. The Morgan fingerprint density at radius 1 is 1.48 bits per heavy atom. The molecule has 1 atom stereocenters. The highest BCUT2D eigenvalue weighted by atomic mass is 127. The highest BCUT2D eigenvalue weighted by molar-refractivity contribution is 14.1. The minimum atomic E-state index is -0.483. The number of aryl methyl sites for hydroxylation is 1. The van der Waals surface area contributed by atoms with Gasteiger partial charge in [-0.1, -0.05) is 6.92 Å². The fraction of sp³-hybridized carbons (Fsp3) is 0.562. The van der Waals surface area contributed by atoms with Gasteiger partial charge in [-0.25, -0.2) is 4.79 Å². The Labute approximate surface area is 148 Å². The van der Waals surface area contributed by atoms with Crippen LogP contribution in [0.3, 0.4) is 0 Å². The molecule has 0 radical (unpaired) electrons. The lowest BCUT2D eigenvalue weighted by atomic mass is 9.95. The Bertz CT molecular complexity index is 554. The van der Waals surface area contributed by atoms with E-state index in [0.717, 1.165) is 29.4 Å². The van der Waals surface area contributed by atoms with Gasteiger partial charge in [-0.3, -0.25) is 4.90 Å². The monoisotopic (exact) mass is 465 g/mol. The molecule has 1 amide bonds. The Morgan fingerprint density at radius 3 is 2.71 bits per heavy atom. The zero-order chi connectivity index (χ0) is 15.8. The van der Waals surface area contributed by atoms with Gasteiger partial charge in [-0.15, -0.1) is 0 Å². The number of halogens is 2. The van der Waals surface area contributed by atoms with Crippen LogP contribution in [0.2, 0.25) is 0 Å². The zero-order valence-corrected chi connectivity index (χ0v) is 16.6. The van der Waals surface area contributed by atoms with Crippen molar-refractivity contribution >= 4 is 50.3 Å². The first-order valence-corrected chi connectivity index (χ1v) is 9.10. The summed E-state index contributed by atoms with van der Waals surface area (Å²) in [6.07, 6.45) is 2.66. The molecule has 0 aromatic heterocycles. The Balaban J connectivity index is 2.45. The molecule has 1 aromatic carbocycles. The van der Waals surface area contributed by atoms with E-state index in [9.17, 15) is 4.79 Å². The molecule has 0 saturated carbocycles. The fourth-order valence-corrected chi connectivity index (χ4v) is 4.46. The van der Waals surface area contributed by atoms with E-state index in [1.165, 1.54) is 9.13 Å². The Kier molecular flexibility index (Phi) is 5.23. The van der Waals surface area contributed by atoms with Crippen molar-refractivity contribution in [1.82, 2.24) is 0 Å². The molecule has 21 heavy (non-hydrogen) atoms. The van der Waals surface area contributed by atoms with Crippen LogP contribution in [0.5, 0.6) is 0 Å². The van der Waals surface area contributed by atoms with E-state index in [0.29, 0.717) is 0 Å². The van der Waals surface area contributed by atoms with E-state index in [1.54, 1.807) is 0 Å². The summed E-state index contributed by atoms with van der Waals surface area (Å²) in [6, 6.07) is 4.40. The van der Waals surface area contributed by atoms with Crippen LogP contribution < -0.4 is 4.90 Å². The summed E-state index contributed by atoms with van der Waals surface area (Å²) < 4.78 is 7.76. The minimum absolute atomic E-state index is 0.198. The van der Waals surface area contributed by atoms with Gasteiger partial charge in [0, 0.05) is 14.1 Å². The normalized spacial score (nSPS) is 18.4. The van der Waals surface area contributed by atoms with Gasteiger partial charge < -0.3 is 4.74 Å². The number of amides is 1. The third-order valence-corrected chi connectivity index (χ3v) is 4.75. The number of anilines is 1. The molecule has 2 rings (SSSR count). The molecule has 116 valence electrons. The molecule has 0 fully saturated rings. The number of nitrogens with zero attached hydrogens (tertiary/aromatic N) is 1. The molecule has 1 unspecified atom stereocenters. The summed E-state index contributed by atoms with van der Waals surface area (Å²) in [4.78, 5) is 14.5. The molecular formula is C16H21BrINO2. The van der Waals surface area contributed by atoms with Crippen LogP contribution in [-0.4, -0.2) is 17.7 Å². The molecule has 3 nitrogen and oxygen atoms in total. The third kappa shape index (κ3) is 3.92. The van der Waals surface area contributed by atoms with Gasteiger partial charge in [0.1, 0.15) is 5.60 Å². The van der Waals surface area contributed by atoms with Crippen molar-refractivity contribution in [1.29, 1.82) is 0 Å². The number of benzene rings is 1. The van der Waals surface area contributed by atoms with Crippen LogP contribution >= 0.6 is 38.5 Å². The second kappa shape index (κ2) is 6.44. The van der Waals surface area contributed by atoms with E-state index < -0.39 is 5.60 Å². The predicted octanol–water partition coefficient (Wildman–Crippen LogP) is 5.52. The molecule has 0 aliphatic carbocycles. The van der Waals surface area contributed by atoms with Crippen LogP contribution in [0.4, 0.5) is 10.5 Å². The predicted molar refractivity (Wildman–Crippen MR) is 98.0 cm³/mol. The minimum Gasteiger partial charge on any atom is -0.443 e. The van der Waals surface area contributed by atoms with Gasteiger partial charge in [-0.05, 0) is 96.3 Å². The second-order valence-electron chi connectivity index (χ2n) is 6.35. The molecule has 5 heteroatoms. The van der Waals surface area contributed by atoms with Gasteiger partial charge in [0.25, 0.3) is 0 Å². The van der Waals surface area contributed by atoms with Crippen molar-refractivity contribution in [3.63, 3.8) is 0 Å². The largest absolute Gasteiger partial charge is 0.443 e. The highest BCUT2D eigenvalue weighted by Crippen LogP contribution is 2.39. The topological polar surface area (TPSA) is 29.5 Å². The van der Waals surface area contributed by atoms with Gasteiger partial charge in [0.15, 0.2) is 0 Å². The van der Waals surface area contributed by atoms with Gasteiger partial charge in [0.05, 0.1) is 5.69 Å². The standard InChI is InChI=1S/C16H21BrINO2/c1-5-12-7-6-10-8-11(18)9-13(17)14(10)19(12)15(20)21-16(2,3)4/h8-9,12H,5-7H2,1-4H3. The number of fused-ring (bicyclic) bond motifs is 1. The van der Waals surface area contributed by atoms with Crippen molar-refractivity contribution in [2.24, 2.45) is 0 Å². The summed E-state index contributed by atoms with van der Waals surface area (Å²) in [6.45, 7) is 7.83. The molecule has 0 saturated heterocycles. The van der Waals surface area contributed by atoms with Crippen molar-refractivity contribution in [2.75, 3.05) is 4.90 Å². The lowest BCUT2D eigenvalue weighted by molar-refractivity contribution is 0.0559.